The molecule has 0 atom stereocenters. The molecule has 0 aliphatic rings. The molecular weight excluding hydrogens is 563 g/mol. The fraction of sp³-hybridized carbons (Fsp3) is 0.167. The van der Waals surface area contributed by atoms with E-state index in [1.807, 2.05) is 36.4 Å². The summed E-state index contributed by atoms with van der Waals surface area (Å²) in [6.45, 7) is 0.374. The predicted molar refractivity (Wildman–Crippen MR) is 131 cm³/mol. The van der Waals surface area contributed by atoms with Gasteiger partial charge in [0.25, 0.3) is 5.78 Å². The summed E-state index contributed by atoms with van der Waals surface area (Å²) in [5.74, 6) is -0.00624. The van der Waals surface area contributed by atoms with Gasteiger partial charge in [0.15, 0.2) is 34.5 Å². The van der Waals surface area contributed by atoms with Crippen molar-refractivity contribution in [3.05, 3.63) is 82.4 Å². The fourth-order valence-electron chi connectivity index (χ4n) is 2.87. The molecular formula is C24H20ClIO7. The quantitative estimate of drug-likeness (QED) is 0.175. The molecule has 3 aromatic rings. The fourth-order valence-corrected chi connectivity index (χ4v) is 3.36. The average molecular weight is 583 g/mol. The van der Waals surface area contributed by atoms with E-state index in [2.05, 4.69) is 3.07 Å². The van der Waals surface area contributed by atoms with Crippen LogP contribution >= 0.6 is 34.6 Å². The van der Waals surface area contributed by atoms with Gasteiger partial charge in [-0.15, -0.1) is 0 Å². The van der Waals surface area contributed by atoms with E-state index in [4.69, 9.17) is 30.5 Å². The van der Waals surface area contributed by atoms with Gasteiger partial charge in [-0.2, -0.15) is 0 Å². The Morgan fingerprint density at radius 1 is 0.788 bits per heavy atom. The van der Waals surface area contributed by atoms with Crippen molar-refractivity contribution in [2.45, 2.75) is 13.2 Å². The summed E-state index contributed by atoms with van der Waals surface area (Å²) in [5, 5.41) is -0.0393. The standard InChI is InChI=1S/C24H20ClIO7/c1-29-17-7-3-15(4-8-17)13-31-20-12-11-19(22(27)24(28)33-26)21(25)23(20)32-14-16-5-9-18(30-2)10-6-16/h3-12H,13-14H2,1-2H3. The first kappa shape index (κ1) is 24.7. The van der Waals surface area contributed by atoms with Crippen LogP contribution in [0.15, 0.2) is 60.7 Å². The van der Waals surface area contributed by atoms with Crippen molar-refractivity contribution < 1.29 is 31.6 Å². The highest BCUT2D eigenvalue weighted by Crippen LogP contribution is 2.39. The highest BCUT2D eigenvalue weighted by Gasteiger charge is 2.25. The lowest BCUT2D eigenvalue weighted by atomic mass is 10.1. The molecule has 33 heavy (non-hydrogen) atoms. The van der Waals surface area contributed by atoms with Crippen molar-refractivity contribution in [3.63, 3.8) is 0 Å². The highest BCUT2D eigenvalue weighted by molar-refractivity contribution is 14.1. The number of halogens is 2. The van der Waals surface area contributed by atoms with Gasteiger partial charge in [-0.25, -0.2) is 4.79 Å². The molecule has 0 radical (unpaired) electrons. The molecule has 9 heteroatoms. The molecule has 0 aromatic heterocycles. The van der Waals surface area contributed by atoms with Crippen molar-refractivity contribution >= 4 is 46.4 Å². The Labute approximate surface area is 210 Å². The molecule has 0 heterocycles. The normalized spacial score (nSPS) is 10.3. The first-order valence-electron chi connectivity index (χ1n) is 9.68. The summed E-state index contributed by atoms with van der Waals surface area (Å²) in [6.07, 6.45) is 0. The monoisotopic (exact) mass is 582 g/mol. The van der Waals surface area contributed by atoms with Crippen molar-refractivity contribution in [1.82, 2.24) is 0 Å². The van der Waals surface area contributed by atoms with Crippen molar-refractivity contribution in [3.8, 4) is 23.0 Å². The van der Waals surface area contributed by atoms with Gasteiger partial charge >= 0.3 is 5.97 Å². The molecule has 0 saturated heterocycles. The van der Waals surface area contributed by atoms with Gasteiger partial charge in [-0.1, -0.05) is 35.9 Å². The molecule has 0 unspecified atom stereocenters. The van der Waals surface area contributed by atoms with E-state index in [1.54, 1.807) is 26.4 Å². The molecule has 0 spiro atoms. The molecule has 0 fully saturated rings. The first-order valence-corrected chi connectivity index (χ1v) is 10.9. The van der Waals surface area contributed by atoms with Crippen molar-refractivity contribution in [2.75, 3.05) is 14.2 Å². The zero-order chi connectivity index (χ0) is 23.8. The molecule has 3 rings (SSSR count). The smallest absolute Gasteiger partial charge is 0.389 e. The van der Waals surface area contributed by atoms with E-state index in [9.17, 15) is 9.59 Å². The lowest BCUT2D eigenvalue weighted by Gasteiger charge is -2.16. The van der Waals surface area contributed by atoms with E-state index in [0.717, 1.165) is 16.9 Å². The average Bonchev–Trinajstić information content (AvgIpc) is 2.86. The summed E-state index contributed by atoms with van der Waals surface area (Å²) in [4.78, 5) is 24.1. The Morgan fingerprint density at radius 3 is 1.79 bits per heavy atom. The summed E-state index contributed by atoms with van der Waals surface area (Å²) in [6, 6.07) is 17.6. The van der Waals surface area contributed by atoms with Gasteiger partial charge in [0, 0.05) is 0 Å². The summed E-state index contributed by atoms with van der Waals surface area (Å²) in [7, 11) is 3.18. The molecule has 0 amide bonds. The second-order valence-electron chi connectivity index (χ2n) is 6.72. The van der Waals surface area contributed by atoms with E-state index in [-0.39, 0.29) is 29.5 Å². The zero-order valence-electron chi connectivity index (χ0n) is 17.8. The number of carbonyl (C=O) groups is 2. The van der Waals surface area contributed by atoms with Gasteiger partial charge in [0.05, 0.1) is 24.8 Å². The minimum absolute atomic E-state index is 0.0393. The number of Topliss-reactive ketones (excluding diaryl/α,β-unsaturated/α-hetero) is 1. The molecule has 0 saturated carbocycles. The van der Waals surface area contributed by atoms with Crippen LogP contribution in [-0.4, -0.2) is 26.0 Å². The number of rotatable bonds is 10. The number of carbonyl (C=O) groups excluding carboxylic acids is 2. The Morgan fingerprint density at radius 2 is 1.30 bits per heavy atom. The van der Waals surface area contributed by atoms with Crippen LogP contribution in [0.5, 0.6) is 23.0 Å². The third kappa shape index (κ3) is 6.29. The zero-order valence-corrected chi connectivity index (χ0v) is 20.7. The lowest BCUT2D eigenvalue weighted by Crippen LogP contribution is -2.15. The number of benzene rings is 3. The third-order valence-electron chi connectivity index (χ3n) is 4.66. The number of methoxy groups -OCH3 is 2. The number of ketones is 1. The Bertz CT molecular complexity index is 1110. The van der Waals surface area contributed by atoms with Gasteiger partial charge in [-0.3, -0.25) is 4.79 Å². The molecule has 0 N–H and O–H groups in total. The van der Waals surface area contributed by atoms with Crippen molar-refractivity contribution in [1.29, 1.82) is 0 Å². The topological polar surface area (TPSA) is 80.3 Å². The van der Waals surface area contributed by atoms with Crippen LogP contribution in [0.2, 0.25) is 5.02 Å². The molecule has 0 aliphatic heterocycles. The Balaban J connectivity index is 1.86. The van der Waals surface area contributed by atoms with Crippen molar-refractivity contribution in [2.24, 2.45) is 0 Å². The van der Waals surface area contributed by atoms with Crippen LogP contribution in [-0.2, 0) is 21.1 Å². The maximum atomic E-state index is 12.4. The summed E-state index contributed by atoms with van der Waals surface area (Å²) >= 11 is 7.82. The number of hydrogen-bond acceptors (Lipinski definition) is 7. The van der Waals surface area contributed by atoms with Gasteiger partial charge in [0.1, 0.15) is 24.7 Å². The second-order valence-corrected chi connectivity index (χ2v) is 7.54. The molecule has 3 aromatic carbocycles. The van der Waals surface area contributed by atoms with Crippen LogP contribution in [0.25, 0.3) is 0 Å². The van der Waals surface area contributed by atoms with Gasteiger partial charge in [0.2, 0.25) is 0 Å². The largest absolute Gasteiger partial charge is 0.497 e. The minimum Gasteiger partial charge on any atom is -0.497 e. The van der Waals surface area contributed by atoms with E-state index in [1.165, 1.54) is 35.1 Å². The summed E-state index contributed by atoms with van der Waals surface area (Å²) in [5.41, 5.74) is 1.69. The van der Waals surface area contributed by atoms with Crippen LogP contribution in [0, 0.1) is 0 Å². The Hall–Kier alpha value is -2.98. The van der Waals surface area contributed by atoms with Crippen LogP contribution in [0.1, 0.15) is 21.5 Å². The molecule has 7 nitrogen and oxygen atoms in total. The maximum Gasteiger partial charge on any atom is 0.389 e. The van der Waals surface area contributed by atoms with E-state index >= 15 is 0 Å². The molecule has 0 aliphatic carbocycles. The van der Waals surface area contributed by atoms with E-state index < -0.39 is 11.8 Å². The number of hydrogen-bond donors (Lipinski definition) is 0. The van der Waals surface area contributed by atoms with E-state index in [0.29, 0.717) is 11.5 Å². The Kier molecular flexibility index (Phi) is 8.79. The first-order chi connectivity index (χ1) is 16.0. The number of ether oxygens (including phenoxy) is 4. The maximum absolute atomic E-state index is 12.4. The molecule has 0 bridgehead atoms. The highest BCUT2D eigenvalue weighted by atomic mass is 127. The SMILES string of the molecule is COc1ccc(COc2ccc(C(=O)C(=O)OI)c(Cl)c2OCc2ccc(OC)cc2)cc1. The second kappa shape index (κ2) is 11.8. The van der Waals surface area contributed by atoms with Gasteiger partial charge < -0.3 is 22.0 Å². The predicted octanol–water partition coefficient (Wildman–Crippen LogP) is 5.59. The van der Waals surface area contributed by atoms with Crippen LogP contribution in [0.4, 0.5) is 0 Å². The van der Waals surface area contributed by atoms with Crippen LogP contribution < -0.4 is 18.9 Å². The minimum atomic E-state index is -1.04. The van der Waals surface area contributed by atoms with Crippen LogP contribution in [0.3, 0.4) is 0 Å². The third-order valence-corrected chi connectivity index (χ3v) is 5.43. The lowest BCUT2D eigenvalue weighted by molar-refractivity contribution is -0.126. The summed E-state index contributed by atoms with van der Waals surface area (Å²) < 4.78 is 26.7. The molecule has 172 valence electrons. The van der Waals surface area contributed by atoms with Gasteiger partial charge in [-0.05, 0) is 47.5 Å².